The Kier molecular flexibility index (Phi) is 67.6. The van der Waals surface area contributed by atoms with Crippen molar-refractivity contribution in [1.82, 2.24) is 5.32 Å². The van der Waals surface area contributed by atoms with Crippen LogP contribution in [0.15, 0.2) is 158 Å². The Morgan fingerprint density at radius 1 is 0.319 bits per heavy atom. The molecule has 3 rings (SSSR count). The van der Waals surface area contributed by atoms with Gasteiger partial charge in [-0.3, -0.25) is 4.79 Å². The summed E-state index contributed by atoms with van der Waals surface area (Å²) in [6, 6.07) is -1.02. The summed E-state index contributed by atoms with van der Waals surface area (Å²) in [4.78, 5) is 13.5. The lowest BCUT2D eigenvalue weighted by Crippen LogP contribution is -2.66. The molecule has 17 atom stereocenters. The second kappa shape index (κ2) is 74.3. The first-order chi connectivity index (χ1) is 56.8. The van der Waals surface area contributed by atoms with E-state index in [4.69, 9.17) is 28.4 Å². The number of aliphatic hydroxyl groups is 11. The number of allylic oxidation sites excluding steroid dienone is 25. The van der Waals surface area contributed by atoms with E-state index in [-0.39, 0.29) is 18.9 Å². The number of aliphatic hydroxyl groups excluding tert-OH is 11. The number of hydrogen-bond acceptors (Lipinski definition) is 18. The van der Waals surface area contributed by atoms with Crippen LogP contribution in [-0.4, -0.2) is 193 Å². The van der Waals surface area contributed by atoms with Gasteiger partial charge in [0.1, 0.15) is 73.2 Å². The molecule has 0 aromatic rings. The number of carbonyl (C=O) groups is 1. The van der Waals surface area contributed by atoms with Crippen LogP contribution in [0.4, 0.5) is 0 Å². The Labute approximate surface area is 701 Å². The van der Waals surface area contributed by atoms with Gasteiger partial charge in [0.2, 0.25) is 5.91 Å². The molecule has 19 nitrogen and oxygen atoms in total. The topological polar surface area (TPSA) is 307 Å². The fourth-order valence-electron chi connectivity index (χ4n) is 14.3. The number of rotatable bonds is 72. The third-order valence-electron chi connectivity index (χ3n) is 21.6. The summed E-state index contributed by atoms with van der Waals surface area (Å²) in [6.07, 6.45) is 83.9. The highest BCUT2D eigenvalue weighted by Gasteiger charge is 2.54. The standard InChI is InChI=1S/C97H163NO18/c1-3-5-7-9-11-13-15-17-19-21-23-25-27-29-31-33-35-37-38-39-40-41-42-43-45-47-49-51-53-55-57-59-61-63-65-67-69-71-73-75-85(103)98-80(81(102)74-72-70-68-66-64-62-60-58-56-54-52-50-48-46-44-36-34-32-30-28-26-24-22-20-18-16-14-12-10-8-6-4-2)79-111-95-91(109)88(106)93(83(77-100)113-95)116-97-92(110)89(107)94(84(78-101)114-97)115-96-90(108)87(105)86(104)82(76-99)112-96/h5,7,11,13,17,19,23,25,29,31,35,37,39-40,42-43,47,49,53,55,59,61,64,66,72,74,80-84,86-97,99-102,104-110H,3-4,6,8-10,12,14-16,18,20-22,24,26-28,30,32-34,36,38,41,44-46,48,50-52,54,56-58,60,62-63,65,67-71,73,75-79H2,1-2H3,(H,98,103)/b7-5-,13-11-,19-17-,25-23-,31-29-,37-35-,40-39-,43-42-,49-47-,55-53-,61-59-,66-64+,74-72+. The smallest absolute Gasteiger partial charge is 0.220 e. The van der Waals surface area contributed by atoms with E-state index in [1.165, 1.54) is 161 Å². The number of ether oxygens (including phenoxy) is 6. The van der Waals surface area contributed by atoms with E-state index < -0.39 is 124 Å². The van der Waals surface area contributed by atoms with Gasteiger partial charge in [0.05, 0.1) is 38.6 Å². The molecule has 0 spiro atoms. The van der Waals surface area contributed by atoms with Crippen LogP contribution < -0.4 is 5.32 Å². The molecule has 0 aromatic heterocycles. The van der Waals surface area contributed by atoms with Crippen molar-refractivity contribution in [2.75, 3.05) is 26.4 Å². The number of nitrogens with one attached hydrogen (secondary N) is 1. The minimum atomic E-state index is -1.99. The van der Waals surface area contributed by atoms with Gasteiger partial charge in [-0.05, 0) is 116 Å². The minimum absolute atomic E-state index is 0.203. The third-order valence-corrected chi connectivity index (χ3v) is 21.6. The first-order valence-electron chi connectivity index (χ1n) is 45.7. The molecule has 3 aliphatic rings. The van der Waals surface area contributed by atoms with Gasteiger partial charge in [-0.25, -0.2) is 0 Å². The fourth-order valence-corrected chi connectivity index (χ4v) is 14.3. The van der Waals surface area contributed by atoms with E-state index in [2.05, 4.69) is 165 Å². The third kappa shape index (κ3) is 51.9. The van der Waals surface area contributed by atoms with Gasteiger partial charge in [0.25, 0.3) is 0 Å². The highest BCUT2D eigenvalue weighted by Crippen LogP contribution is 2.33. The van der Waals surface area contributed by atoms with Crippen LogP contribution >= 0.6 is 0 Å². The number of unbranched alkanes of at least 4 members (excludes halogenated alkanes) is 32. The predicted octanol–water partition coefficient (Wildman–Crippen LogP) is 17.9. The Bertz CT molecular complexity index is 2720. The Morgan fingerprint density at radius 3 is 0.966 bits per heavy atom. The monoisotopic (exact) mass is 1630 g/mol. The summed E-state index contributed by atoms with van der Waals surface area (Å²) in [5, 5.41) is 121. The summed E-state index contributed by atoms with van der Waals surface area (Å²) in [5.41, 5.74) is 0. The van der Waals surface area contributed by atoms with Crippen LogP contribution in [0.5, 0.6) is 0 Å². The first-order valence-corrected chi connectivity index (χ1v) is 45.7. The molecule has 19 heteroatoms. The van der Waals surface area contributed by atoms with Crippen LogP contribution in [0.1, 0.15) is 316 Å². The van der Waals surface area contributed by atoms with Crippen molar-refractivity contribution in [2.45, 2.75) is 420 Å². The molecule has 0 bridgehead atoms. The van der Waals surface area contributed by atoms with Crippen LogP contribution in [0.2, 0.25) is 0 Å². The zero-order valence-electron chi connectivity index (χ0n) is 71.7. The highest BCUT2D eigenvalue weighted by atomic mass is 16.8. The van der Waals surface area contributed by atoms with E-state index in [0.29, 0.717) is 12.8 Å². The van der Waals surface area contributed by atoms with Crippen LogP contribution in [0, 0.1) is 0 Å². The second-order valence-electron chi connectivity index (χ2n) is 31.7. The largest absolute Gasteiger partial charge is 0.394 e. The van der Waals surface area contributed by atoms with Gasteiger partial charge in [0, 0.05) is 6.42 Å². The normalized spacial score (nSPS) is 25.3. The molecule has 664 valence electrons. The molecule has 0 aliphatic carbocycles. The molecule has 0 saturated carbocycles. The molecule has 1 amide bonds. The molecule has 17 unspecified atom stereocenters. The SMILES string of the molecule is CC/C=C\C/C=C\C/C=C\C/C=C\C/C=C\C/C=C\C/C=C\C/C=C\C/C=C\C/C=C\C/C=C\CCCCCCCC(=O)NC(COC1OC(CO)C(OC2OC(CO)C(OC3OC(CO)C(O)C(O)C3O)C(O)C2O)C(O)C1O)C(O)/C=C/CC/C=C/CCCCCCCCCCCCCCCCCCCCCCCCCCCC. The molecule has 3 fully saturated rings. The molecular formula is C97H163NO18. The minimum Gasteiger partial charge on any atom is -0.394 e. The number of amides is 1. The van der Waals surface area contributed by atoms with Crippen LogP contribution in [0.25, 0.3) is 0 Å². The van der Waals surface area contributed by atoms with Gasteiger partial charge in [-0.15, -0.1) is 0 Å². The molecule has 116 heavy (non-hydrogen) atoms. The summed E-state index contributed by atoms with van der Waals surface area (Å²) in [6.45, 7) is 1.61. The van der Waals surface area contributed by atoms with E-state index in [0.717, 1.165) is 122 Å². The lowest BCUT2D eigenvalue weighted by atomic mass is 9.96. The summed E-state index contributed by atoms with van der Waals surface area (Å²) < 4.78 is 34.5. The van der Waals surface area contributed by atoms with Crippen molar-refractivity contribution in [1.29, 1.82) is 0 Å². The summed E-state index contributed by atoms with van der Waals surface area (Å²) in [7, 11) is 0. The van der Waals surface area contributed by atoms with Crippen molar-refractivity contribution >= 4 is 5.91 Å². The van der Waals surface area contributed by atoms with Crippen LogP contribution in [-0.2, 0) is 33.2 Å². The lowest BCUT2D eigenvalue weighted by molar-refractivity contribution is -0.379. The maximum atomic E-state index is 13.5. The van der Waals surface area contributed by atoms with Crippen molar-refractivity contribution in [3.05, 3.63) is 158 Å². The first kappa shape index (κ1) is 106. The van der Waals surface area contributed by atoms with Gasteiger partial charge < -0.3 is 89.9 Å². The van der Waals surface area contributed by atoms with Crippen molar-refractivity contribution in [2.24, 2.45) is 0 Å². The molecule has 3 saturated heterocycles. The van der Waals surface area contributed by atoms with Gasteiger partial charge in [-0.1, -0.05) is 352 Å². The Morgan fingerprint density at radius 2 is 0.603 bits per heavy atom. The van der Waals surface area contributed by atoms with Crippen LogP contribution in [0.3, 0.4) is 0 Å². The zero-order chi connectivity index (χ0) is 83.8. The van der Waals surface area contributed by atoms with Gasteiger partial charge >= 0.3 is 0 Å². The van der Waals surface area contributed by atoms with Gasteiger partial charge in [-0.2, -0.15) is 0 Å². The molecule has 3 aliphatic heterocycles. The fraction of sp³-hybridized carbons (Fsp3) is 0.722. The second-order valence-corrected chi connectivity index (χ2v) is 31.7. The summed E-state index contributed by atoms with van der Waals surface area (Å²) >= 11 is 0. The Hall–Kier alpha value is -4.59. The molecule has 3 heterocycles. The van der Waals surface area contributed by atoms with Crippen molar-refractivity contribution in [3.8, 4) is 0 Å². The highest BCUT2D eigenvalue weighted by molar-refractivity contribution is 5.76. The van der Waals surface area contributed by atoms with E-state index >= 15 is 0 Å². The van der Waals surface area contributed by atoms with E-state index in [1.807, 2.05) is 6.08 Å². The summed E-state index contributed by atoms with van der Waals surface area (Å²) in [5.74, 6) is -0.308. The quantitative estimate of drug-likeness (QED) is 0.0199. The predicted molar refractivity (Wildman–Crippen MR) is 470 cm³/mol. The maximum absolute atomic E-state index is 13.5. The van der Waals surface area contributed by atoms with Crippen molar-refractivity contribution < 1.29 is 89.4 Å². The number of carbonyl (C=O) groups excluding carboxylic acids is 1. The van der Waals surface area contributed by atoms with Gasteiger partial charge in [0.15, 0.2) is 18.9 Å². The van der Waals surface area contributed by atoms with Crippen molar-refractivity contribution in [3.63, 3.8) is 0 Å². The maximum Gasteiger partial charge on any atom is 0.220 e. The molecule has 0 aromatic carbocycles. The number of hydrogen-bond donors (Lipinski definition) is 12. The molecule has 12 N–H and O–H groups in total. The zero-order valence-corrected chi connectivity index (χ0v) is 71.7. The lowest BCUT2D eigenvalue weighted by Gasteiger charge is -2.48. The van der Waals surface area contributed by atoms with E-state index in [1.54, 1.807) is 6.08 Å². The Balaban J connectivity index is 1.36. The average Bonchev–Trinajstić information content (AvgIpc) is 0.779. The average molecular weight is 1630 g/mol. The van der Waals surface area contributed by atoms with E-state index in [9.17, 15) is 61.0 Å². The molecule has 0 radical (unpaired) electrons. The molecular weight excluding hydrogens is 1470 g/mol.